The number of anilines is 1. The maximum atomic E-state index is 12.6. The van der Waals surface area contributed by atoms with E-state index in [1.165, 1.54) is 4.90 Å². The van der Waals surface area contributed by atoms with Crippen molar-refractivity contribution in [3.05, 3.63) is 24.3 Å². The number of hydrogen-bond acceptors (Lipinski definition) is 7. The molecule has 2 aromatic rings. The predicted octanol–water partition coefficient (Wildman–Crippen LogP) is 2.22. The van der Waals surface area contributed by atoms with Gasteiger partial charge in [-0.2, -0.15) is 4.98 Å². The van der Waals surface area contributed by atoms with E-state index in [0.717, 1.165) is 24.2 Å². The molecule has 1 aromatic carbocycles. The number of ether oxygens (including phenoxy) is 1. The van der Waals surface area contributed by atoms with Gasteiger partial charge in [-0.15, -0.1) is 0 Å². The summed E-state index contributed by atoms with van der Waals surface area (Å²) in [5.41, 5.74) is 0.840. The molecule has 10 heteroatoms. The van der Waals surface area contributed by atoms with Gasteiger partial charge in [-0.3, -0.25) is 4.79 Å². The lowest BCUT2D eigenvalue weighted by molar-refractivity contribution is -0.125. The first-order valence-electron chi connectivity index (χ1n) is 10.6. The van der Waals surface area contributed by atoms with Crippen LogP contribution in [0.4, 0.5) is 10.8 Å². The molecule has 2 fully saturated rings. The van der Waals surface area contributed by atoms with E-state index in [2.05, 4.69) is 15.5 Å². The lowest BCUT2D eigenvalue weighted by Crippen LogP contribution is -2.46. The Bertz CT molecular complexity index is 907. The minimum atomic E-state index is -0.918. The lowest BCUT2D eigenvalue weighted by Gasteiger charge is -2.30. The third kappa shape index (κ3) is 4.73. The Labute approximate surface area is 180 Å². The SMILES string of the molecule is COc1ccc(-c2noc(N3CCC(C(=O)NCC4CCCN4C(=O)O)CC3)n2)cc1. The van der Waals surface area contributed by atoms with Crippen LogP contribution >= 0.6 is 0 Å². The second-order valence-electron chi connectivity index (χ2n) is 7.91. The van der Waals surface area contributed by atoms with Crippen LogP contribution in [-0.2, 0) is 4.79 Å². The summed E-state index contributed by atoms with van der Waals surface area (Å²) < 4.78 is 10.6. The topological polar surface area (TPSA) is 121 Å². The van der Waals surface area contributed by atoms with Crippen molar-refractivity contribution in [3.63, 3.8) is 0 Å². The fraction of sp³-hybridized carbons (Fsp3) is 0.524. The van der Waals surface area contributed by atoms with Crippen LogP contribution in [0, 0.1) is 5.92 Å². The van der Waals surface area contributed by atoms with Crippen molar-refractivity contribution in [2.24, 2.45) is 5.92 Å². The summed E-state index contributed by atoms with van der Waals surface area (Å²) in [5.74, 6) is 1.16. The summed E-state index contributed by atoms with van der Waals surface area (Å²) in [4.78, 5) is 31.7. The van der Waals surface area contributed by atoms with Crippen LogP contribution < -0.4 is 15.0 Å². The summed E-state index contributed by atoms with van der Waals surface area (Å²) in [6.07, 6.45) is 2.07. The highest BCUT2D eigenvalue weighted by Crippen LogP contribution is 2.26. The Morgan fingerprint density at radius 1 is 1.19 bits per heavy atom. The molecule has 1 unspecified atom stereocenters. The third-order valence-corrected chi connectivity index (χ3v) is 6.03. The number of methoxy groups -OCH3 is 1. The van der Waals surface area contributed by atoms with Gasteiger partial charge in [0.25, 0.3) is 0 Å². The molecule has 2 aliphatic heterocycles. The fourth-order valence-electron chi connectivity index (χ4n) is 4.20. The molecule has 0 aliphatic carbocycles. The summed E-state index contributed by atoms with van der Waals surface area (Å²) in [7, 11) is 1.62. The molecular formula is C21H27N5O5. The number of nitrogens with one attached hydrogen (secondary N) is 1. The molecule has 0 bridgehead atoms. The fourth-order valence-corrected chi connectivity index (χ4v) is 4.20. The minimum Gasteiger partial charge on any atom is -0.497 e. The number of likely N-dealkylation sites (tertiary alicyclic amines) is 1. The van der Waals surface area contributed by atoms with E-state index in [9.17, 15) is 14.7 Å². The number of nitrogens with zero attached hydrogens (tertiary/aromatic N) is 4. The number of carbonyl (C=O) groups excluding carboxylic acids is 1. The van der Waals surface area contributed by atoms with E-state index in [0.29, 0.717) is 50.9 Å². The molecule has 2 saturated heterocycles. The smallest absolute Gasteiger partial charge is 0.407 e. The van der Waals surface area contributed by atoms with E-state index in [1.807, 2.05) is 29.2 Å². The van der Waals surface area contributed by atoms with Crippen molar-refractivity contribution in [1.29, 1.82) is 0 Å². The zero-order chi connectivity index (χ0) is 21.8. The van der Waals surface area contributed by atoms with Crippen LogP contribution in [0.5, 0.6) is 5.75 Å². The number of piperidine rings is 1. The zero-order valence-corrected chi connectivity index (χ0v) is 17.5. The van der Waals surface area contributed by atoms with Gasteiger partial charge in [0.2, 0.25) is 11.7 Å². The predicted molar refractivity (Wildman–Crippen MR) is 112 cm³/mol. The molecule has 2 N–H and O–H groups in total. The van der Waals surface area contributed by atoms with Gasteiger partial charge in [0.15, 0.2) is 0 Å². The van der Waals surface area contributed by atoms with Crippen LogP contribution in [0.2, 0.25) is 0 Å². The molecule has 10 nitrogen and oxygen atoms in total. The second kappa shape index (κ2) is 9.23. The molecule has 4 rings (SSSR count). The van der Waals surface area contributed by atoms with Gasteiger partial charge < -0.3 is 29.5 Å². The maximum Gasteiger partial charge on any atom is 0.407 e. The summed E-state index contributed by atoms with van der Waals surface area (Å²) in [6, 6.07) is 7.76. The van der Waals surface area contributed by atoms with Crippen molar-refractivity contribution in [3.8, 4) is 17.1 Å². The number of amides is 2. The molecule has 31 heavy (non-hydrogen) atoms. The van der Waals surface area contributed by atoms with Crippen LogP contribution in [-0.4, -0.2) is 71.5 Å². The first kappa shape index (κ1) is 21.0. The molecule has 0 saturated carbocycles. The molecule has 3 heterocycles. The molecule has 2 aliphatic rings. The Morgan fingerprint density at radius 2 is 1.94 bits per heavy atom. The molecule has 1 aromatic heterocycles. The largest absolute Gasteiger partial charge is 0.497 e. The van der Waals surface area contributed by atoms with E-state index >= 15 is 0 Å². The number of benzene rings is 1. The average Bonchev–Trinajstić information content (AvgIpc) is 3.48. The molecule has 0 spiro atoms. The number of aromatic nitrogens is 2. The molecule has 166 valence electrons. The second-order valence-corrected chi connectivity index (χ2v) is 7.91. The molecule has 0 radical (unpaired) electrons. The highest BCUT2D eigenvalue weighted by atomic mass is 16.5. The highest BCUT2D eigenvalue weighted by Gasteiger charge is 2.31. The van der Waals surface area contributed by atoms with E-state index in [-0.39, 0.29) is 17.9 Å². The standard InChI is InChI=1S/C21H27N5O5/c1-30-17-6-4-14(5-7-17)18-23-20(31-24-18)25-11-8-15(9-12-25)19(27)22-13-16-3-2-10-26(16)21(28)29/h4-7,15-16H,2-3,8-13H2,1H3,(H,22,27)(H,28,29). The van der Waals surface area contributed by atoms with E-state index in [1.54, 1.807) is 7.11 Å². The van der Waals surface area contributed by atoms with Crippen LogP contribution in [0.3, 0.4) is 0 Å². The van der Waals surface area contributed by atoms with Crippen LogP contribution in [0.15, 0.2) is 28.8 Å². The highest BCUT2D eigenvalue weighted by molar-refractivity contribution is 5.79. The van der Waals surface area contributed by atoms with E-state index in [4.69, 9.17) is 9.26 Å². The Hall–Kier alpha value is -3.30. The van der Waals surface area contributed by atoms with Gasteiger partial charge in [-0.25, -0.2) is 4.79 Å². The third-order valence-electron chi connectivity index (χ3n) is 6.03. The van der Waals surface area contributed by atoms with Crippen molar-refractivity contribution in [2.45, 2.75) is 31.7 Å². The van der Waals surface area contributed by atoms with Crippen molar-refractivity contribution < 1.29 is 24.0 Å². The normalized spacial score (nSPS) is 19.5. The zero-order valence-electron chi connectivity index (χ0n) is 17.5. The summed E-state index contributed by atoms with van der Waals surface area (Å²) in [6.45, 7) is 2.21. The Kier molecular flexibility index (Phi) is 6.24. The average molecular weight is 429 g/mol. The molecule has 2 amide bonds. The molecule has 1 atom stereocenters. The number of carbonyl (C=O) groups is 2. The number of carboxylic acid groups (broad SMARTS) is 1. The number of hydrogen-bond donors (Lipinski definition) is 2. The maximum absolute atomic E-state index is 12.6. The Morgan fingerprint density at radius 3 is 2.61 bits per heavy atom. The summed E-state index contributed by atoms with van der Waals surface area (Å²) in [5, 5.41) is 16.2. The van der Waals surface area contributed by atoms with Gasteiger partial charge >= 0.3 is 12.1 Å². The van der Waals surface area contributed by atoms with Gasteiger partial charge in [-0.05, 0) is 49.9 Å². The van der Waals surface area contributed by atoms with Crippen molar-refractivity contribution >= 4 is 18.0 Å². The van der Waals surface area contributed by atoms with Gasteiger partial charge in [-0.1, -0.05) is 5.16 Å². The summed E-state index contributed by atoms with van der Waals surface area (Å²) >= 11 is 0. The minimum absolute atomic E-state index is 0.0126. The van der Waals surface area contributed by atoms with Gasteiger partial charge in [0.1, 0.15) is 5.75 Å². The monoisotopic (exact) mass is 429 g/mol. The Balaban J connectivity index is 1.27. The van der Waals surface area contributed by atoms with E-state index < -0.39 is 6.09 Å². The van der Waals surface area contributed by atoms with Crippen LogP contribution in [0.25, 0.3) is 11.4 Å². The van der Waals surface area contributed by atoms with Gasteiger partial charge in [0.05, 0.1) is 13.2 Å². The van der Waals surface area contributed by atoms with Crippen LogP contribution in [0.1, 0.15) is 25.7 Å². The first-order valence-corrected chi connectivity index (χ1v) is 10.6. The first-order chi connectivity index (χ1) is 15.0. The molecular weight excluding hydrogens is 402 g/mol. The number of rotatable bonds is 6. The quantitative estimate of drug-likeness (QED) is 0.717. The lowest BCUT2D eigenvalue weighted by atomic mass is 9.96. The van der Waals surface area contributed by atoms with Crippen molar-refractivity contribution in [2.75, 3.05) is 38.2 Å². The van der Waals surface area contributed by atoms with Crippen molar-refractivity contribution in [1.82, 2.24) is 20.4 Å². The van der Waals surface area contributed by atoms with Gasteiger partial charge in [0, 0.05) is 37.7 Å².